The smallest absolute Gasteiger partial charge is 0.237 e. The van der Waals surface area contributed by atoms with Gasteiger partial charge in [0.05, 0.1) is 17.8 Å². The van der Waals surface area contributed by atoms with Crippen LogP contribution in [0.1, 0.15) is 32.1 Å². The summed E-state index contributed by atoms with van der Waals surface area (Å²) in [6.45, 7) is 4.98. The molecule has 3 fully saturated rings. The van der Waals surface area contributed by atoms with Crippen LogP contribution in [-0.2, 0) is 4.79 Å². The van der Waals surface area contributed by atoms with E-state index in [1.807, 2.05) is 36.4 Å². The van der Waals surface area contributed by atoms with Crippen LogP contribution < -0.4 is 15.0 Å². The number of carbonyl (C=O) groups excluding carboxylic acids is 1. The molecule has 31 heavy (non-hydrogen) atoms. The maximum absolute atomic E-state index is 13.1. The lowest BCUT2D eigenvalue weighted by molar-refractivity contribution is -0.123. The van der Waals surface area contributed by atoms with Gasteiger partial charge in [-0.25, -0.2) is 0 Å². The molecule has 3 aliphatic rings. The van der Waals surface area contributed by atoms with Crippen molar-refractivity contribution in [3.63, 3.8) is 0 Å². The Balaban J connectivity index is 1.20. The predicted octanol–water partition coefficient (Wildman–Crippen LogP) is 3.61. The minimum Gasteiger partial charge on any atom is -0.490 e. The number of pyridine rings is 1. The zero-order valence-corrected chi connectivity index (χ0v) is 18.1. The van der Waals surface area contributed by atoms with Crippen LogP contribution in [0.25, 0.3) is 0 Å². The number of hydrogen-bond donors (Lipinski definition) is 1. The van der Waals surface area contributed by atoms with Crippen LogP contribution in [0.3, 0.4) is 0 Å². The first-order valence-electron chi connectivity index (χ1n) is 11.7. The summed E-state index contributed by atoms with van der Waals surface area (Å²) in [6, 6.07) is 11.7. The summed E-state index contributed by atoms with van der Waals surface area (Å²) < 4.78 is 6.27. The molecule has 0 radical (unpaired) electrons. The number of aromatic nitrogens is 1. The van der Waals surface area contributed by atoms with Gasteiger partial charge >= 0.3 is 0 Å². The lowest BCUT2D eigenvalue weighted by Crippen LogP contribution is -2.51. The van der Waals surface area contributed by atoms with Gasteiger partial charge in [-0.1, -0.05) is 12.8 Å². The summed E-state index contributed by atoms with van der Waals surface area (Å²) in [5.41, 5.74) is 1.65. The van der Waals surface area contributed by atoms with Crippen molar-refractivity contribution < 1.29 is 9.53 Å². The Hall–Kier alpha value is -2.44. The average molecular weight is 421 g/mol. The van der Waals surface area contributed by atoms with E-state index < -0.39 is 0 Å². The Morgan fingerprint density at radius 2 is 1.84 bits per heavy atom. The van der Waals surface area contributed by atoms with Gasteiger partial charge in [0.15, 0.2) is 0 Å². The summed E-state index contributed by atoms with van der Waals surface area (Å²) in [6.07, 6.45) is 10.2. The first kappa shape index (κ1) is 20.5. The van der Waals surface area contributed by atoms with Crippen LogP contribution in [-0.4, -0.2) is 54.6 Å². The van der Waals surface area contributed by atoms with Gasteiger partial charge < -0.3 is 15.0 Å². The maximum Gasteiger partial charge on any atom is 0.237 e. The van der Waals surface area contributed by atoms with Crippen LogP contribution in [0.4, 0.5) is 11.4 Å². The van der Waals surface area contributed by atoms with E-state index in [2.05, 4.69) is 15.2 Å². The fourth-order valence-corrected chi connectivity index (χ4v) is 4.42. The third-order valence-corrected chi connectivity index (χ3v) is 6.74. The molecule has 0 atom stereocenters. The van der Waals surface area contributed by atoms with Crippen LogP contribution in [0, 0.1) is 11.8 Å². The highest BCUT2D eigenvalue weighted by atomic mass is 16.5. The number of rotatable bonds is 8. The molecular formula is C25H32N4O2. The molecule has 1 saturated carbocycles. The molecule has 2 saturated heterocycles. The molecule has 0 unspecified atom stereocenters. The number of hydrogen-bond acceptors (Lipinski definition) is 5. The monoisotopic (exact) mass is 420 g/mol. The highest BCUT2D eigenvalue weighted by molar-refractivity contribution is 6.02. The zero-order valence-electron chi connectivity index (χ0n) is 18.1. The van der Waals surface area contributed by atoms with Gasteiger partial charge in [-0.3, -0.25) is 14.7 Å². The standard InChI is InChI=1S/C25H32N4O2/c30-25(20-16-27-17-20)29(22-2-1-12-26-18-22)21-5-7-23(8-6-21)31-24-10-14-28(15-11-24)13-9-19-3-4-19/h1-2,5-8,12,18-20,24,27H,3-4,9-11,13-17H2. The van der Waals surface area contributed by atoms with Crippen LogP contribution in [0.2, 0.25) is 0 Å². The molecule has 1 aliphatic carbocycles. The number of nitrogens with zero attached hydrogens (tertiary/aromatic N) is 3. The molecule has 6 heteroatoms. The number of benzene rings is 1. The van der Waals surface area contributed by atoms with Crippen LogP contribution in [0.5, 0.6) is 5.75 Å². The molecule has 164 valence electrons. The summed E-state index contributed by atoms with van der Waals surface area (Å²) in [7, 11) is 0. The van der Waals surface area contributed by atoms with Crippen molar-refractivity contribution >= 4 is 17.3 Å². The Kier molecular flexibility index (Phi) is 6.18. The molecule has 5 rings (SSSR count). The van der Waals surface area contributed by atoms with Crippen molar-refractivity contribution in [1.82, 2.24) is 15.2 Å². The van der Waals surface area contributed by atoms with Crippen molar-refractivity contribution in [3.05, 3.63) is 48.8 Å². The normalized spacial score (nSPS) is 20.3. The molecule has 1 aromatic carbocycles. The second kappa shape index (κ2) is 9.37. The van der Waals surface area contributed by atoms with E-state index in [9.17, 15) is 4.79 Å². The molecule has 1 amide bonds. The average Bonchev–Trinajstić information content (AvgIpc) is 3.59. The van der Waals surface area contributed by atoms with Crippen LogP contribution in [0.15, 0.2) is 48.8 Å². The third kappa shape index (κ3) is 5.08. The van der Waals surface area contributed by atoms with Gasteiger partial charge in [0, 0.05) is 38.1 Å². The maximum atomic E-state index is 13.1. The van der Waals surface area contributed by atoms with Crippen molar-refractivity contribution in [2.45, 2.75) is 38.2 Å². The van der Waals surface area contributed by atoms with Gasteiger partial charge in [0.25, 0.3) is 0 Å². The number of carbonyl (C=O) groups is 1. The number of likely N-dealkylation sites (tertiary alicyclic amines) is 1. The summed E-state index contributed by atoms with van der Waals surface area (Å²) in [5.74, 6) is 2.01. The van der Waals surface area contributed by atoms with E-state index in [1.54, 1.807) is 17.3 Å². The summed E-state index contributed by atoms with van der Waals surface area (Å²) in [5, 5.41) is 3.19. The molecular weight excluding hydrogens is 388 g/mol. The second-order valence-electron chi connectivity index (χ2n) is 9.12. The van der Waals surface area contributed by atoms with Gasteiger partial charge in [-0.2, -0.15) is 0 Å². The van der Waals surface area contributed by atoms with Crippen LogP contribution >= 0.6 is 0 Å². The first-order chi connectivity index (χ1) is 15.3. The molecule has 2 aromatic rings. The van der Waals surface area contributed by atoms with Gasteiger partial charge in [-0.05, 0) is 68.1 Å². The quantitative estimate of drug-likeness (QED) is 0.707. The fourth-order valence-electron chi connectivity index (χ4n) is 4.42. The molecule has 2 aliphatic heterocycles. The molecule has 6 nitrogen and oxygen atoms in total. The molecule has 0 bridgehead atoms. The Bertz CT molecular complexity index is 857. The first-order valence-corrected chi connectivity index (χ1v) is 11.7. The minimum absolute atomic E-state index is 0.0150. The van der Waals surface area contributed by atoms with E-state index in [4.69, 9.17) is 4.74 Å². The van der Waals surface area contributed by atoms with Crippen molar-refractivity contribution in [2.24, 2.45) is 11.8 Å². The third-order valence-electron chi connectivity index (χ3n) is 6.74. The largest absolute Gasteiger partial charge is 0.490 e. The molecule has 0 spiro atoms. The highest BCUT2D eigenvalue weighted by Gasteiger charge is 2.31. The Morgan fingerprint density at radius 3 is 2.45 bits per heavy atom. The van der Waals surface area contributed by atoms with E-state index >= 15 is 0 Å². The van der Waals surface area contributed by atoms with Crippen molar-refractivity contribution in [3.8, 4) is 5.75 Å². The SMILES string of the molecule is O=C(C1CNC1)N(c1ccc(OC2CCN(CCC3CC3)CC2)cc1)c1cccnc1. The van der Waals surface area contributed by atoms with E-state index in [0.29, 0.717) is 0 Å². The van der Waals surface area contributed by atoms with Gasteiger partial charge in [0.1, 0.15) is 11.9 Å². The zero-order chi connectivity index (χ0) is 21.0. The fraction of sp³-hybridized carbons (Fsp3) is 0.520. The van der Waals surface area contributed by atoms with E-state index in [0.717, 1.165) is 62.1 Å². The van der Waals surface area contributed by atoms with Gasteiger partial charge in [-0.15, -0.1) is 0 Å². The number of nitrogens with one attached hydrogen (secondary N) is 1. The van der Waals surface area contributed by atoms with E-state index in [-0.39, 0.29) is 17.9 Å². The highest BCUT2D eigenvalue weighted by Crippen LogP contribution is 2.33. The summed E-state index contributed by atoms with van der Waals surface area (Å²) >= 11 is 0. The minimum atomic E-state index is 0.0150. The lowest BCUT2D eigenvalue weighted by Gasteiger charge is -2.33. The lowest BCUT2D eigenvalue weighted by atomic mass is 10.0. The molecule has 3 heterocycles. The van der Waals surface area contributed by atoms with Gasteiger partial charge in [0.2, 0.25) is 5.91 Å². The second-order valence-corrected chi connectivity index (χ2v) is 9.12. The molecule has 1 aromatic heterocycles. The molecule has 1 N–H and O–H groups in total. The van der Waals surface area contributed by atoms with Crippen molar-refractivity contribution in [2.75, 3.05) is 37.6 Å². The van der Waals surface area contributed by atoms with E-state index in [1.165, 1.54) is 25.8 Å². The van der Waals surface area contributed by atoms with Crippen molar-refractivity contribution in [1.29, 1.82) is 0 Å². The summed E-state index contributed by atoms with van der Waals surface area (Å²) in [4.78, 5) is 21.7. The Labute approximate surface area is 184 Å². The number of amides is 1. The number of anilines is 2. The topological polar surface area (TPSA) is 57.7 Å². The Morgan fingerprint density at radius 1 is 1.06 bits per heavy atom. The predicted molar refractivity (Wildman–Crippen MR) is 122 cm³/mol. The number of ether oxygens (including phenoxy) is 1. The number of piperidine rings is 1.